The molecule has 0 saturated carbocycles. The van der Waals surface area contributed by atoms with Crippen LogP contribution in [0.3, 0.4) is 0 Å². The summed E-state index contributed by atoms with van der Waals surface area (Å²) < 4.78 is 11.1. The number of unbranched alkanes of at least 4 members (excludes halogenated alkanes) is 1. The van der Waals surface area contributed by atoms with Gasteiger partial charge in [0.05, 0.1) is 13.7 Å². The number of ether oxygens (including phenoxy) is 2. The molecular formula is C15H25NO2. The molecule has 102 valence electrons. The Morgan fingerprint density at radius 3 is 2.67 bits per heavy atom. The summed E-state index contributed by atoms with van der Waals surface area (Å²) in [6.07, 6.45) is 4.01. The van der Waals surface area contributed by atoms with E-state index in [1.54, 1.807) is 7.11 Å². The Hall–Kier alpha value is -1.22. The zero-order valence-corrected chi connectivity index (χ0v) is 11.7. The molecule has 0 fully saturated rings. The predicted molar refractivity (Wildman–Crippen MR) is 75.4 cm³/mol. The van der Waals surface area contributed by atoms with E-state index in [1.807, 2.05) is 18.2 Å². The predicted octanol–water partition coefficient (Wildman–Crippen LogP) is 3.15. The first-order chi connectivity index (χ1) is 8.71. The number of methoxy groups -OCH3 is 1. The molecule has 2 N–H and O–H groups in total. The SMILES string of the molecule is CCCCOc1ccc(OC)cc1CC(N)CC. The van der Waals surface area contributed by atoms with Crippen LogP contribution in [0.5, 0.6) is 11.5 Å². The lowest BCUT2D eigenvalue weighted by Crippen LogP contribution is -2.21. The van der Waals surface area contributed by atoms with E-state index in [-0.39, 0.29) is 6.04 Å². The Morgan fingerprint density at radius 1 is 1.28 bits per heavy atom. The summed E-state index contributed by atoms with van der Waals surface area (Å²) >= 11 is 0. The van der Waals surface area contributed by atoms with Gasteiger partial charge in [0.15, 0.2) is 0 Å². The fraction of sp³-hybridized carbons (Fsp3) is 0.600. The van der Waals surface area contributed by atoms with Crippen molar-refractivity contribution in [2.45, 2.75) is 45.6 Å². The highest BCUT2D eigenvalue weighted by Crippen LogP contribution is 2.25. The first-order valence-electron chi connectivity index (χ1n) is 6.76. The van der Waals surface area contributed by atoms with Gasteiger partial charge in [-0.2, -0.15) is 0 Å². The maximum absolute atomic E-state index is 6.02. The minimum atomic E-state index is 0.172. The summed E-state index contributed by atoms with van der Waals surface area (Å²) in [5.74, 6) is 1.80. The molecule has 18 heavy (non-hydrogen) atoms. The van der Waals surface area contributed by atoms with E-state index in [0.29, 0.717) is 0 Å². The van der Waals surface area contributed by atoms with Crippen LogP contribution >= 0.6 is 0 Å². The van der Waals surface area contributed by atoms with Crippen LogP contribution in [-0.4, -0.2) is 19.8 Å². The first-order valence-corrected chi connectivity index (χ1v) is 6.76. The summed E-state index contributed by atoms with van der Waals surface area (Å²) in [4.78, 5) is 0. The van der Waals surface area contributed by atoms with Crippen LogP contribution in [0.1, 0.15) is 38.7 Å². The van der Waals surface area contributed by atoms with E-state index in [4.69, 9.17) is 15.2 Å². The molecule has 1 aromatic carbocycles. The quantitative estimate of drug-likeness (QED) is 0.722. The molecule has 3 nitrogen and oxygen atoms in total. The van der Waals surface area contributed by atoms with Gasteiger partial charge in [-0.3, -0.25) is 0 Å². The molecule has 0 bridgehead atoms. The largest absolute Gasteiger partial charge is 0.497 e. The van der Waals surface area contributed by atoms with Crippen molar-refractivity contribution in [1.82, 2.24) is 0 Å². The third kappa shape index (κ3) is 4.57. The number of nitrogens with two attached hydrogens (primary N) is 1. The molecule has 0 saturated heterocycles. The second-order valence-corrected chi connectivity index (χ2v) is 4.55. The van der Waals surface area contributed by atoms with Crippen LogP contribution in [0.25, 0.3) is 0 Å². The van der Waals surface area contributed by atoms with Crippen molar-refractivity contribution in [3.63, 3.8) is 0 Å². The molecule has 1 atom stereocenters. The van der Waals surface area contributed by atoms with Crippen molar-refractivity contribution >= 4 is 0 Å². The minimum absolute atomic E-state index is 0.172. The van der Waals surface area contributed by atoms with Crippen molar-refractivity contribution < 1.29 is 9.47 Å². The standard InChI is InChI=1S/C15H25NO2/c1-4-6-9-18-15-8-7-14(17-3)11-12(15)10-13(16)5-2/h7-8,11,13H,4-6,9-10,16H2,1-3H3. The molecule has 1 rings (SSSR count). The fourth-order valence-electron chi connectivity index (χ4n) is 1.74. The van der Waals surface area contributed by atoms with Gasteiger partial charge >= 0.3 is 0 Å². The molecule has 0 amide bonds. The van der Waals surface area contributed by atoms with E-state index in [2.05, 4.69) is 13.8 Å². The van der Waals surface area contributed by atoms with Crippen LogP contribution in [0.15, 0.2) is 18.2 Å². The fourth-order valence-corrected chi connectivity index (χ4v) is 1.74. The second kappa shape index (κ2) is 7.98. The normalized spacial score (nSPS) is 12.2. The molecule has 0 radical (unpaired) electrons. The van der Waals surface area contributed by atoms with Gasteiger partial charge in [0.25, 0.3) is 0 Å². The van der Waals surface area contributed by atoms with Crippen LogP contribution in [0, 0.1) is 0 Å². The summed E-state index contributed by atoms with van der Waals surface area (Å²) in [7, 11) is 1.68. The molecule has 0 spiro atoms. The number of rotatable bonds is 8. The smallest absolute Gasteiger partial charge is 0.122 e. The van der Waals surface area contributed by atoms with Gasteiger partial charge in [-0.05, 0) is 43.0 Å². The molecular weight excluding hydrogens is 226 g/mol. The molecule has 1 aromatic rings. The third-order valence-corrected chi connectivity index (χ3v) is 3.03. The Balaban J connectivity index is 2.79. The minimum Gasteiger partial charge on any atom is -0.497 e. The lowest BCUT2D eigenvalue weighted by atomic mass is 10.0. The number of benzene rings is 1. The number of hydrogen-bond acceptors (Lipinski definition) is 3. The van der Waals surface area contributed by atoms with Crippen molar-refractivity contribution in [2.75, 3.05) is 13.7 Å². The Morgan fingerprint density at radius 2 is 2.06 bits per heavy atom. The van der Waals surface area contributed by atoms with Crippen molar-refractivity contribution in [3.8, 4) is 11.5 Å². The Bertz CT molecular complexity index is 352. The van der Waals surface area contributed by atoms with Gasteiger partial charge in [-0.15, -0.1) is 0 Å². The molecule has 1 unspecified atom stereocenters. The van der Waals surface area contributed by atoms with Crippen LogP contribution in [0.4, 0.5) is 0 Å². The maximum atomic E-state index is 6.02. The summed E-state index contributed by atoms with van der Waals surface area (Å²) in [5.41, 5.74) is 7.16. The highest BCUT2D eigenvalue weighted by Gasteiger charge is 2.09. The van der Waals surface area contributed by atoms with Gasteiger partial charge in [-0.1, -0.05) is 20.3 Å². The average Bonchev–Trinajstić information content (AvgIpc) is 2.40. The monoisotopic (exact) mass is 251 g/mol. The zero-order valence-electron chi connectivity index (χ0n) is 11.7. The topological polar surface area (TPSA) is 44.5 Å². The van der Waals surface area contributed by atoms with E-state index in [9.17, 15) is 0 Å². The average molecular weight is 251 g/mol. The highest BCUT2D eigenvalue weighted by molar-refractivity contribution is 5.40. The van der Waals surface area contributed by atoms with Crippen LogP contribution in [-0.2, 0) is 6.42 Å². The van der Waals surface area contributed by atoms with Gasteiger partial charge < -0.3 is 15.2 Å². The molecule has 0 heterocycles. The van der Waals surface area contributed by atoms with Crippen molar-refractivity contribution in [1.29, 1.82) is 0 Å². The van der Waals surface area contributed by atoms with E-state index in [0.717, 1.165) is 49.4 Å². The van der Waals surface area contributed by atoms with Crippen molar-refractivity contribution in [2.24, 2.45) is 5.73 Å². The van der Waals surface area contributed by atoms with E-state index >= 15 is 0 Å². The van der Waals surface area contributed by atoms with E-state index < -0.39 is 0 Å². The second-order valence-electron chi connectivity index (χ2n) is 4.55. The van der Waals surface area contributed by atoms with Crippen LogP contribution in [0.2, 0.25) is 0 Å². The van der Waals surface area contributed by atoms with Gasteiger partial charge in [-0.25, -0.2) is 0 Å². The summed E-state index contributed by atoms with van der Waals surface area (Å²) in [6.45, 7) is 5.02. The Kier molecular flexibility index (Phi) is 6.58. The van der Waals surface area contributed by atoms with Gasteiger partial charge in [0.2, 0.25) is 0 Å². The molecule has 0 aromatic heterocycles. The number of hydrogen-bond donors (Lipinski definition) is 1. The molecule has 0 aliphatic rings. The lowest BCUT2D eigenvalue weighted by molar-refractivity contribution is 0.304. The highest BCUT2D eigenvalue weighted by atomic mass is 16.5. The zero-order chi connectivity index (χ0) is 13.4. The van der Waals surface area contributed by atoms with Gasteiger partial charge in [0.1, 0.15) is 11.5 Å². The Labute approximate surface area is 110 Å². The molecule has 0 aliphatic heterocycles. The first kappa shape index (κ1) is 14.8. The maximum Gasteiger partial charge on any atom is 0.122 e. The van der Waals surface area contributed by atoms with Crippen LogP contribution < -0.4 is 15.2 Å². The van der Waals surface area contributed by atoms with E-state index in [1.165, 1.54) is 0 Å². The summed E-state index contributed by atoms with van der Waals surface area (Å²) in [6, 6.07) is 6.11. The van der Waals surface area contributed by atoms with Crippen molar-refractivity contribution in [3.05, 3.63) is 23.8 Å². The van der Waals surface area contributed by atoms with Gasteiger partial charge in [0, 0.05) is 6.04 Å². The third-order valence-electron chi connectivity index (χ3n) is 3.03. The lowest BCUT2D eigenvalue weighted by Gasteiger charge is -2.15. The molecule has 0 aliphatic carbocycles. The molecule has 3 heteroatoms. The summed E-state index contributed by atoms with van der Waals surface area (Å²) in [5, 5.41) is 0.